The molecule has 0 atom stereocenters. The Hall–Kier alpha value is -7.94. The summed E-state index contributed by atoms with van der Waals surface area (Å²) < 4.78 is 6.44. The van der Waals surface area contributed by atoms with E-state index in [0.29, 0.717) is 0 Å². The first-order chi connectivity index (χ1) is 31.0. The van der Waals surface area contributed by atoms with Gasteiger partial charge in [0, 0.05) is 38.8 Å². The zero-order chi connectivity index (χ0) is 42.1. The number of anilines is 3. The van der Waals surface area contributed by atoms with Gasteiger partial charge in [-0.15, -0.1) is 0 Å². The highest BCUT2D eigenvalue weighted by Crippen LogP contribution is 2.50. The number of hydrogen-bond donors (Lipinski definition) is 0. The van der Waals surface area contributed by atoms with Crippen molar-refractivity contribution in [2.45, 2.75) is 19.3 Å². The molecule has 0 spiro atoms. The molecule has 298 valence electrons. The molecule has 11 aromatic rings. The normalized spacial score (nSPS) is 12.7. The molecular formula is C61H43NO. The van der Waals surface area contributed by atoms with E-state index in [4.69, 9.17) is 4.42 Å². The zero-order valence-corrected chi connectivity index (χ0v) is 35.2. The fourth-order valence-corrected chi connectivity index (χ4v) is 10.0. The maximum absolute atomic E-state index is 6.44. The topological polar surface area (TPSA) is 16.4 Å². The molecule has 1 heterocycles. The Bertz CT molecular complexity index is 3510. The summed E-state index contributed by atoms with van der Waals surface area (Å²) in [6.07, 6.45) is 0. The van der Waals surface area contributed by atoms with Crippen molar-refractivity contribution in [1.82, 2.24) is 0 Å². The van der Waals surface area contributed by atoms with Crippen LogP contribution in [0.4, 0.5) is 17.1 Å². The van der Waals surface area contributed by atoms with Gasteiger partial charge in [-0.1, -0.05) is 184 Å². The summed E-state index contributed by atoms with van der Waals surface area (Å²) in [4.78, 5) is 2.36. The van der Waals surface area contributed by atoms with Gasteiger partial charge in [-0.25, -0.2) is 0 Å². The Morgan fingerprint density at radius 2 is 0.841 bits per heavy atom. The van der Waals surface area contributed by atoms with Crippen molar-refractivity contribution in [1.29, 1.82) is 0 Å². The minimum atomic E-state index is -0.0514. The van der Waals surface area contributed by atoms with Gasteiger partial charge in [0.05, 0.1) is 0 Å². The summed E-state index contributed by atoms with van der Waals surface area (Å²) in [7, 11) is 0. The molecule has 0 bridgehead atoms. The lowest BCUT2D eigenvalue weighted by Crippen LogP contribution is -2.14. The summed E-state index contributed by atoms with van der Waals surface area (Å²) in [5, 5.41) is 4.78. The Labute approximate surface area is 368 Å². The Morgan fingerprint density at radius 3 is 1.60 bits per heavy atom. The first kappa shape index (κ1) is 36.9. The summed E-state index contributed by atoms with van der Waals surface area (Å²) in [6.45, 7) is 4.69. The second-order valence-corrected chi connectivity index (χ2v) is 17.3. The van der Waals surface area contributed by atoms with Crippen LogP contribution in [-0.4, -0.2) is 0 Å². The number of para-hydroxylation sites is 2. The zero-order valence-electron chi connectivity index (χ0n) is 35.2. The molecule has 0 radical (unpaired) electrons. The van der Waals surface area contributed by atoms with Gasteiger partial charge in [0.2, 0.25) is 0 Å². The average Bonchev–Trinajstić information content (AvgIpc) is 3.84. The van der Waals surface area contributed by atoms with E-state index in [1.54, 1.807) is 0 Å². The van der Waals surface area contributed by atoms with Crippen molar-refractivity contribution in [2.24, 2.45) is 0 Å². The lowest BCUT2D eigenvalue weighted by Gasteiger charge is -2.26. The van der Waals surface area contributed by atoms with Crippen molar-refractivity contribution in [3.05, 3.63) is 236 Å². The average molecular weight is 806 g/mol. The molecule has 10 aromatic carbocycles. The summed E-state index contributed by atoms with van der Waals surface area (Å²) in [5.41, 5.74) is 19.9. The van der Waals surface area contributed by atoms with E-state index in [1.165, 1.54) is 66.4 Å². The first-order valence-electron chi connectivity index (χ1n) is 21.8. The minimum absolute atomic E-state index is 0.0514. The van der Waals surface area contributed by atoms with Crippen LogP contribution in [0.3, 0.4) is 0 Å². The van der Waals surface area contributed by atoms with E-state index in [2.05, 4.69) is 231 Å². The molecule has 0 amide bonds. The molecule has 0 saturated carbocycles. The minimum Gasteiger partial charge on any atom is -0.455 e. The number of furan rings is 1. The number of fused-ring (bicyclic) bond motifs is 7. The smallest absolute Gasteiger partial charge is 0.143 e. The lowest BCUT2D eigenvalue weighted by atomic mass is 9.81. The third-order valence-electron chi connectivity index (χ3n) is 13.3. The van der Waals surface area contributed by atoms with Gasteiger partial charge in [-0.2, -0.15) is 0 Å². The van der Waals surface area contributed by atoms with Crippen LogP contribution in [0.5, 0.6) is 0 Å². The summed E-state index contributed by atoms with van der Waals surface area (Å²) >= 11 is 0. The van der Waals surface area contributed by atoms with E-state index in [1.807, 2.05) is 12.1 Å². The van der Waals surface area contributed by atoms with Crippen molar-refractivity contribution in [2.75, 3.05) is 4.90 Å². The fourth-order valence-electron chi connectivity index (χ4n) is 10.0. The van der Waals surface area contributed by atoms with Gasteiger partial charge in [0.15, 0.2) is 0 Å². The van der Waals surface area contributed by atoms with Gasteiger partial charge < -0.3 is 9.32 Å². The maximum atomic E-state index is 6.44. The predicted molar refractivity (Wildman–Crippen MR) is 265 cm³/mol. The number of rotatable bonds is 7. The highest BCUT2D eigenvalue weighted by atomic mass is 16.3. The first-order valence-corrected chi connectivity index (χ1v) is 21.8. The quantitative estimate of drug-likeness (QED) is 0.160. The molecule has 1 aliphatic carbocycles. The molecule has 0 saturated heterocycles. The van der Waals surface area contributed by atoms with Crippen molar-refractivity contribution in [3.63, 3.8) is 0 Å². The molecule has 0 unspecified atom stereocenters. The van der Waals surface area contributed by atoms with Gasteiger partial charge >= 0.3 is 0 Å². The van der Waals surface area contributed by atoms with Gasteiger partial charge in [0.1, 0.15) is 11.2 Å². The molecular weight excluding hydrogens is 763 g/mol. The van der Waals surface area contributed by atoms with Crippen LogP contribution in [0, 0.1) is 0 Å². The molecule has 0 aliphatic heterocycles. The van der Waals surface area contributed by atoms with Gasteiger partial charge in [0.25, 0.3) is 0 Å². The molecule has 12 rings (SSSR count). The number of nitrogens with zero attached hydrogens (tertiary/aromatic N) is 1. The van der Waals surface area contributed by atoms with Crippen molar-refractivity contribution in [3.8, 4) is 55.6 Å². The molecule has 2 heteroatoms. The van der Waals surface area contributed by atoms with Crippen LogP contribution in [0.25, 0.3) is 88.3 Å². The number of benzene rings is 10. The molecule has 2 nitrogen and oxygen atoms in total. The van der Waals surface area contributed by atoms with E-state index in [-0.39, 0.29) is 5.41 Å². The highest BCUT2D eigenvalue weighted by Gasteiger charge is 2.35. The SMILES string of the molecule is CC1(C)c2ccccc2-c2ccc(-c3ccc(N(c4ccc(-c5cccc(-c6cccc7ccccc67)c5)cc4)c4ccc(-c5cccc6c5oc5ccccc56)cc4)cc3)cc21. The van der Waals surface area contributed by atoms with Crippen LogP contribution in [0.15, 0.2) is 229 Å². The largest absolute Gasteiger partial charge is 0.455 e. The van der Waals surface area contributed by atoms with Crippen LogP contribution in [-0.2, 0) is 5.41 Å². The van der Waals surface area contributed by atoms with Crippen molar-refractivity contribution >= 4 is 49.8 Å². The third kappa shape index (κ3) is 6.17. The highest BCUT2D eigenvalue weighted by molar-refractivity contribution is 6.09. The van der Waals surface area contributed by atoms with Crippen LogP contribution in [0.2, 0.25) is 0 Å². The van der Waals surface area contributed by atoms with E-state index in [9.17, 15) is 0 Å². The second-order valence-electron chi connectivity index (χ2n) is 17.3. The Kier molecular flexibility index (Phi) is 8.55. The Balaban J connectivity index is 0.915. The lowest BCUT2D eigenvalue weighted by molar-refractivity contribution is 0.660. The van der Waals surface area contributed by atoms with Crippen LogP contribution >= 0.6 is 0 Å². The summed E-state index contributed by atoms with van der Waals surface area (Å²) in [6, 6.07) is 81.6. The van der Waals surface area contributed by atoms with Crippen LogP contribution < -0.4 is 4.90 Å². The Morgan fingerprint density at radius 1 is 0.333 bits per heavy atom. The molecule has 63 heavy (non-hydrogen) atoms. The predicted octanol–water partition coefficient (Wildman–Crippen LogP) is 17.2. The second kappa shape index (κ2) is 14.6. The van der Waals surface area contributed by atoms with E-state index >= 15 is 0 Å². The van der Waals surface area contributed by atoms with Crippen molar-refractivity contribution < 1.29 is 4.42 Å². The molecule has 1 aromatic heterocycles. The van der Waals surface area contributed by atoms with E-state index < -0.39 is 0 Å². The molecule has 1 aliphatic rings. The number of hydrogen-bond acceptors (Lipinski definition) is 2. The monoisotopic (exact) mass is 805 g/mol. The third-order valence-corrected chi connectivity index (χ3v) is 13.3. The van der Waals surface area contributed by atoms with Gasteiger partial charge in [-0.3, -0.25) is 0 Å². The molecule has 0 fully saturated rings. The van der Waals surface area contributed by atoms with Crippen LogP contribution in [0.1, 0.15) is 25.0 Å². The van der Waals surface area contributed by atoms with E-state index in [0.717, 1.165) is 50.1 Å². The summed E-state index contributed by atoms with van der Waals surface area (Å²) in [5.74, 6) is 0. The van der Waals surface area contributed by atoms with Gasteiger partial charge in [-0.05, 0) is 127 Å². The fraction of sp³-hybridized carbons (Fsp3) is 0.0492. The maximum Gasteiger partial charge on any atom is 0.143 e. The molecule has 0 N–H and O–H groups in total. The standard InChI is InChI=1S/C61H43NO/c1-61(2)57-22-7-5-17-53(57)54-37-30-45(39-58(54)61)41-26-33-48(34-27-41)62(49-35-28-43(29-36-49)52-20-11-21-56-55-18-6-8-23-59(55)63-60(52)56)47-31-24-40(25-32-47)44-14-9-15-46(38-44)51-19-10-13-42-12-3-4-16-50(42)51/h3-39H,1-2H3.